The Morgan fingerprint density at radius 2 is 2.11 bits per heavy atom. The molecule has 3 heterocycles. The quantitative estimate of drug-likeness (QED) is 0.708. The van der Waals surface area contributed by atoms with Gasteiger partial charge in [0.2, 0.25) is 15.7 Å². The summed E-state index contributed by atoms with van der Waals surface area (Å²) >= 11 is 0. The van der Waals surface area contributed by atoms with E-state index in [1.54, 1.807) is 12.3 Å². The van der Waals surface area contributed by atoms with Crippen LogP contribution in [-0.4, -0.2) is 37.7 Å². The van der Waals surface area contributed by atoms with E-state index in [4.69, 9.17) is 4.74 Å². The fourth-order valence-corrected chi connectivity index (χ4v) is 5.24. The van der Waals surface area contributed by atoms with Crippen LogP contribution in [0.5, 0.6) is 5.88 Å². The molecule has 2 aromatic heterocycles. The molecule has 1 fully saturated rings. The maximum Gasteiger partial charge on any atom is 0.215 e. The Balaban J connectivity index is 1.85. The minimum absolute atomic E-state index is 0.0542. The zero-order chi connectivity index (χ0) is 19.7. The first kappa shape index (κ1) is 18.9. The molecule has 0 bridgehead atoms. The summed E-state index contributed by atoms with van der Waals surface area (Å²) in [4.78, 5) is 3.89. The van der Waals surface area contributed by atoms with Crippen molar-refractivity contribution in [2.24, 2.45) is 0 Å². The standard InChI is InChI=1S/C20H22FN3O3S/c1-27-20-10-17-15(11-23-20)19(13-24(17)12-14-6-4-5-9-22-14)28(25,26)18-8-3-2-7-16(18)21/h2-3,7-8,10-11,13-14,22H,4-6,9,12H2,1H3/t14-/m0/s1. The number of hydrogen-bond acceptors (Lipinski definition) is 5. The number of methoxy groups -OCH3 is 1. The predicted octanol–water partition coefficient (Wildman–Crippen LogP) is 3.16. The lowest BCUT2D eigenvalue weighted by atomic mass is 10.1. The first-order valence-corrected chi connectivity index (χ1v) is 10.7. The van der Waals surface area contributed by atoms with E-state index in [2.05, 4.69) is 10.3 Å². The normalized spacial score (nSPS) is 17.7. The fraction of sp³-hybridized carbons (Fsp3) is 0.350. The van der Waals surface area contributed by atoms with Crippen molar-refractivity contribution in [2.45, 2.75) is 41.6 Å². The van der Waals surface area contributed by atoms with E-state index < -0.39 is 15.7 Å². The van der Waals surface area contributed by atoms with Gasteiger partial charge in [0.05, 0.1) is 17.5 Å². The smallest absolute Gasteiger partial charge is 0.215 e. The third-order valence-electron chi connectivity index (χ3n) is 5.16. The molecule has 4 rings (SSSR count). The van der Waals surface area contributed by atoms with Crippen molar-refractivity contribution < 1.29 is 17.5 Å². The van der Waals surface area contributed by atoms with Crippen molar-refractivity contribution >= 4 is 20.7 Å². The van der Waals surface area contributed by atoms with Gasteiger partial charge in [0, 0.05) is 36.4 Å². The summed E-state index contributed by atoms with van der Waals surface area (Å²) in [5, 5.41) is 3.93. The highest BCUT2D eigenvalue weighted by atomic mass is 32.2. The van der Waals surface area contributed by atoms with Gasteiger partial charge in [-0.15, -0.1) is 0 Å². The first-order valence-electron chi connectivity index (χ1n) is 9.26. The molecule has 1 N–H and O–H groups in total. The Bertz CT molecular complexity index is 1110. The van der Waals surface area contributed by atoms with Crippen molar-refractivity contribution in [1.29, 1.82) is 0 Å². The van der Waals surface area contributed by atoms with Crippen LogP contribution in [-0.2, 0) is 16.4 Å². The molecule has 1 aliphatic heterocycles. The second kappa shape index (κ2) is 7.52. The number of sulfone groups is 1. The van der Waals surface area contributed by atoms with Gasteiger partial charge in [-0.3, -0.25) is 0 Å². The molecule has 0 saturated carbocycles. The molecule has 3 aromatic rings. The number of piperidine rings is 1. The zero-order valence-corrected chi connectivity index (χ0v) is 16.4. The lowest BCUT2D eigenvalue weighted by molar-refractivity contribution is 0.366. The van der Waals surface area contributed by atoms with Crippen LogP contribution in [0.2, 0.25) is 0 Å². The van der Waals surface area contributed by atoms with E-state index in [1.165, 1.54) is 31.5 Å². The number of nitrogens with zero attached hydrogens (tertiary/aromatic N) is 2. The van der Waals surface area contributed by atoms with Crippen LogP contribution >= 0.6 is 0 Å². The molecular weight excluding hydrogens is 381 g/mol. The molecule has 0 radical (unpaired) electrons. The largest absolute Gasteiger partial charge is 0.481 e. The van der Waals surface area contributed by atoms with Crippen LogP contribution in [0.15, 0.2) is 52.5 Å². The SMILES string of the molecule is COc1cc2c(cn1)c(S(=O)(=O)c1ccccc1F)cn2C[C@@H]1CCCCN1. The van der Waals surface area contributed by atoms with Gasteiger partial charge in [-0.25, -0.2) is 17.8 Å². The average Bonchev–Trinajstić information content (AvgIpc) is 3.07. The Hall–Kier alpha value is -2.45. The number of ether oxygens (including phenoxy) is 1. The Labute approximate surface area is 163 Å². The van der Waals surface area contributed by atoms with Crippen LogP contribution < -0.4 is 10.1 Å². The molecule has 8 heteroatoms. The molecular formula is C20H22FN3O3S. The van der Waals surface area contributed by atoms with Crippen LogP contribution in [0.3, 0.4) is 0 Å². The summed E-state index contributed by atoms with van der Waals surface area (Å²) in [6, 6.07) is 7.40. The zero-order valence-electron chi connectivity index (χ0n) is 15.6. The number of aromatic nitrogens is 2. The van der Waals surface area contributed by atoms with Crippen molar-refractivity contribution in [3.8, 4) is 5.88 Å². The van der Waals surface area contributed by atoms with Crippen LogP contribution in [0, 0.1) is 5.82 Å². The molecule has 0 aliphatic carbocycles. The van der Waals surface area contributed by atoms with E-state index in [9.17, 15) is 12.8 Å². The highest BCUT2D eigenvalue weighted by Gasteiger charge is 2.27. The van der Waals surface area contributed by atoms with Gasteiger partial charge in [-0.05, 0) is 31.5 Å². The van der Waals surface area contributed by atoms with Crippen molar-refractivity contribution in [3.05, 3.63) is 48.5 Å². The van der Waals surface area contributed by atoms with Crippen molar-refractivity contribution in [1.82, 2.24) is 14.9 Å². The van der Waals surface area contributed by atoms with Crippen LogP contribution in [0.1, 0.15) is 19.3 Å². The number of hydrogen-bond donors (Lipinski definition) is 1. The number of halogens is 1. The Morgan fingerprint density at radius 3 is 2.82 bits per heavy atom. The van der Waals surface area contributed by atoms with Crippen LogP contribution in [0.25, 0.3) is 10.9 Å². The van der Waals surface area contributed by atoms with E-state index in [0.717, 1.165) is 31.9 Å². The van der Waals surface area contributed by atoms with Gasteiger partial charge >= 0.3 is 0 Å². The molecule has 0 unspecified atom stereocenters. The topological polar surface area (TPSA) is 73.2 Å². The number of fused-ring (bicyclic) bond motifs is 1. The van der Waals surface area contributed by atoms with Gasteiger partial charge in [0.15, 0.2) is 0 Å². The van der Waals surface area contributed by atoms with Gasteiger partial charge in [0.1, 0.15) is 10.7 Å². The number of rotatable bonds is 5. The maximum atomic E-state index is 14.2. The monoisotopic (exact) mass is 403 g/mol. The molecule has 148 valence electrons. The minimum Gasteiger partial charge on any atom is -0.481 e. The van der Waals surface area contributed by atoms with Gasteiger partial charge in [-0.1, -0.05) is 18.6 Å². The molecule has 28 heavy (non-hydrogen) atoms. The van der Waals surface area contributed by atoms with Crippen molar-refractivity contribution in [3.63, 3.8) is 0 Å². The van der Waals surface area contributed by atoms with E-state index in [1.807, 2.05) is 4.57 Å². The van der Waals surface area contributed by atoms with Crippen molar-refractivity contribution in [2.75, 3.05) is 13.7 Å². The molecule has 1 aromatic carbocycles. The van der Waals surface area contributed by atoms with Crippen LogP contribution in [0.4, 0.5) is 4.39 Å². The maximum absolute atomic E-state index is 14.2. The van der Waals surface area contributed by atoms with E-state index >= 15 is 0 Å². The molecule has 1 saturated heterocycles. The number of pyridine rings is 1. The highest BCUT2D eigenvalue weighted by Crippen LogP contribution is 2.32. The average molecular weight is 403 g/mol. The lowest BCUT2D eigenvalue weighted by Crippen LogP contribution is -2.37. The summed E-state index contributed by atoms with van der Waals surface area (Å²) in [6.07, 6.45) is 6.38. The molecule has 0 spiro atoms. The third kappa shape index (κ3) is 3.38. The number of nitrogens with one attached hydrogen (secondary N) is 1. The Morgan fingerprint density at radius 1 is 1.29 bits per heavy atom. The molecule has 0 amide bonds. The summed E-state index contributed by atoms with van der Waals surface area (Å²) in [7, 11) is -2.52. The predicted molar refractivity (Wildman–Crippen MR) is 104 cm³/mol. The fourth-order valence-electron chi connectivity index (χ4n) is 3.71. The van der Waals surface area contributed by atoms with E-state index in [0.29, 0.717) is 23.3 Å². The number of benzene rings is 1. The highest BCUT2D eigenvalue weighted by molar-refractivity contribution is 7.91. The molecule has 1 atom stereocenters. The lowest BCUT2D eigenvalue weighted by Gasteiger charge is -2.24. The summed E-state index contributed by atoms with van der Waals surface area (Å²) < 4.78 is 47.8. The first-order chi connectivity index (χ1) is 13.5. The summed E-state index contributed by atoms with van der Waals surface area (Å²) in [6.45, 7) is 1.57. The second-order valence-corrected chi connectivity index (χ2v) is 8.86. The van der Waals surface area contributed by atoms with Gasteiger partial charge in [-0.2, -0.15) is 0 Å². The molecule has 6 nitrogen and oxygen atoms in total. The summed E-state index contributed by atoms with van der Waals surface area (Å²) in [5.74, 6) is -0.364. The molecule has 1 aliphatic rings. The summed E-state index contributed by atoms with van der Waals surface area (Å²) in [5.41, 5.74) is 0.703. The Kier molecular flexibility index (Phi) is 5.07. The van der Waals surface area contributed by atoms with Gasteiger partial charge in [0.25, 0.3) is 0 Å². The second-order valence-electron chi connectivity index (χ2n) is 6.97. The third-order valence-corrected chi connectivity index (χ3v) is 6.97. The van der Waals surface area contributed by atoms with Gasteiger partial charge < -0.3 is 14.6 Å². The minimum atomic E-state index is -4.03. The van der Waals surface area contributed by atoms with E-state index in [-0.39, 0.29) is 15.8 Å².